The van der Waals surface area contributed by atoms with Gasteiger partial charge in [-0.25, -0.2) is 9.78 Å². The fraction of sp³-hybridized carbons (Fsp3) is 0.375. The summed E-state index contributed by atoms with van der Waals surface area (Å²) in [6.07, 6.45) is -0.433. The van der Waals surface area contributed by atoms with Crippen LogP contribution in [0.15, 0.2) is 71.5 Å². The molecule has 0 aliphatic carbocycles. The first-order chi connectivity index (χ1) is 21.8. The van der Waals surface area contributed by atoms with Gasteiger partial charge in [0.25, 0.3) is 5.56 Å². The standard InChI is InChI=1S/C32H36ClF3N6O4/c1-19-5-3-8-27(21-7-4-6-20(13-21)14-23(41-30(19)44)11-12-38-31(45)46-2)42-18-40-26(16-29(42)43)24-15-22(33)9-10-25(24)39-17-28(37)32(34,35)36/h4,6-7,9-10,13,15-19,23,27,39H,3,5,8,11-12,14,37H2,1-2H3,(H,38,45)(H,41,44)/b28-17-. The Morgan fingerprint density at radius 1 is 1.20 bits per heavy atom. The van der Waals surface area contributed by atoms with Crippen LogP contribution in [0.1, 0.15) is 49.8 Å². The molecule has 10 nitrogen and oxygen atoms in total. The summed E-state index contributed by atoms with van der Waals surface area (Å²) in [6, 6.07) is 12.9. The monoisotopic (exact) mass is 660 g/mol. The number of nitrogens with two attached hydrogens (primary N) is 1. The predicted octanol–water partition coefficient (Wildman–Crippen LogP) is 5.52. The van der Waals surface area contributed by atoms with Crippen LogP contribution in [0.3, 0.4) is 0 Å². The van der Waals surface area contributed by atoms with Gasteiger partial charge in [-0.2, -0.15) is 13.2 Å². The van der Waals surface area contributed by atoms with E-state index in [9.17, 15) is 27.6 Å². The maximum Gasteiger partial charge on any atom is 0.432 e. The summed E-state index contributed by atoms with van der Waals surface area (Å²) in [6.45, 7) is 2.17. The second kappa shape index (κ2) is 15.2. The summed E-state index contributed by atoms with van der Waals surface area (Å²) in [4.78, 5) is 42.7. The number of halogens is 4. The molecule has 1 aliphatic rings. The number of carbonyl (C=O) groups is 2. The highest BCUT2D eigenvalue weighted by Crippen LogP contribution is 2.31. The van der Waals surface area contributed by atoms with Gasteiger partial charge in [0, 0.05) is 47.0 Å². The first kappa shape index (κ1) is 34.4. The molecule has 3 atom stereocenters. The van der Waals surface area contributed by atoms with Gasteiger partial charge in [0.05, 0.1) is 25.2 Å². The third kappa shape index (κ3) is 9.03. The van der Waals surface area contributed by atoms with Crippen molar-refractivity contribution in [3.05, 3.63) is 93.3 Å². The number of benzene rings is 2. The third-order valence-electron chi connectivity index (χ3n) is 7.81. The Balaban J connectivity index is 1.66. The molecule has 0 radical (unpaired) electrons. The smallest absolute Gasteiger partial charge is 0.432 e. The lowest BCUT2D eigenvalue weighted by molar-refractivity contribution is -0.125. The SMILES string of the molecule is COC(=O)NCCC1Cc2cccc(c2)C(n2cnc(-c3cc(Cl)ccc3N/C=C(\N)C(F)(F)F)cc2=O)CCCC(C)C(=O)N1. The van der Waals surface area contributed by atoms with E-state index in [4.69, 9.17) is 17.3 Å². The van der Waals surface area contributed by atoms with Crippen molar-refractivity contribution in [1.29, 1.82) is 0 Å². The van der Waals surface area contributed by atoms with Crippen molar-refractivity contribution in [3.8, 4) is 11.3 Å². The van der Waals surface area contributed by atoms with Gasteiger partial charge in [0.2, 0.25) is 5.91 Å². The number of anilines is 1. The van der Waals surface area contributed by atoms with E-state index in [2.05, 4.69) is 25.7 Å². The van der Waals surface area contributed by atoms with E-state index in [-0.39, 0.29) is 34.8 Å². The average molecular weight is 661 g/mol. The van der Waals surface area contributed by atoms with Crippen LogP contribution >= 0.6 is 11.6 Å². The molecule has 1 aromatic heterocycles. The number of allylic oxidation sites excluding steroid dienone is 1. The van der Waals surface area contributed by atoms with Crippen molar-refractivity contribution >= 4 is 29.3 Å². The van der Waals surface area contributed by atoms with Crippen LogP contribution < -0.4 is 27.2 Å². The maximum absolute atomic E-state index is 13.6. The third-order valence-corrected chi connectivity index (χ3v) is 8.05. The van der Waals surface area contributed by atoms with Gasteiger partial charge >= 0.3 is 12.3 Å². The molecule has 3 aromatic rings. The van der Waals surface area contributed by atoms with E-state index in [1.165, 1.54) is 42.3 Å². The first-order valence-electron chi connectivity index (χ1n) is 14.7. The van der Waals surface area contributed by atoms with Gasteiger partial charge in [0.1, 0.15) is 5.70 Å². The number of hydrogen-bond acceptors (Lipinski definition) is 7. The fourth-order valence-corrected chi connectivity index (χ4v) is 5.47. The number of alkyl halides is 3. The van der Waals surface area contributed by atoms with Crippen LogP contribution in [-0.4, -0.2) is 47.4 Å². The molecule has 0 saturated carbocycles. The summed E-state index contributed by atoms with van der Waals surface area (Å²) < 4.78 is 45.0. The molecule has 246 valence electrons. The molecule has 4 rings (SSSR count). The zero-order chi connectivity index (χ0) is 33.4. The van der Waals surface area contributed by atoms with Crippen molar-refractivity contribution < 1.29 is 27.5 Å². The fourth-order valence-electron chi connectivity index (χ4n) is 5.30. The van der Waals surface area contributed by atoms with Crippen molar-refractivity contribution in [2.24, 2.45) is 11.7 Å². The average Bonchev–Trinajstić information content (AvgIpc) is 3.01. The zero-order valence-corrected chi connectivity index (χ0v) is 26.1. The molecule has 46 heavy (non-hydrogen) atoms. The molecule has 2 heterocycles. The topological polar surface area (TPSA) is 140 Å². The van der Waals surface area contributed by atoms with Gasteiger partial charge in [-0.15, -0.1) is 0 Å². The van der Waals surface area contributed by atoms with Crippen LogP contribution in [0.5, 0.6) is 0 Å². The predicted molar refractivity (Wildman–Crippen MR) is 169 cm³/mol. The van der Waals surface area contributed by atoms with Crippen LogP contribution in [0, 0.1) is 5.92 Å². The lowest BCUT2D eigenvalue weighted by Gasteiger charge is -2.25. The Bertz CT molecular complexity index is 1640. The minimum Gasteiger partial charge on any atom is -0.453 e. The number of rotatable bonds is 7. The Hall–Kier alpha value is -4.52. The quantitative estimate of drug-likeness (QED) is 0.262. The highest BCUT2D eigenvalue weighted by molar-refractivity contribution is 6.31. The largest absolute Gasteiger partial charge is 0.453 e. The first-order valence-corrected chi connectivity index (χ1v) is 15.1. The number of methoxy groups -OCH3 is 1. The maximum atomic E-state index is 13.6. The summed E-state index contributed by atoms with van der Waals surface area (Å²) in [5.74, 6) is -0.363. The Labute approximate surface area is 269 Å². The van der Waals surface area contributed by atoms with Crippen LogP contribution in [0.25, 0.3) is 11.3 Å². The summed E-state index contributed by atoms with van der Waals surface area (Å²) in [5, 5.41) is 8.61. The lowest BCUT2D eigenvalue weighted by atomic mass is 9.92. The number of carbonyl (C=O) groups excluding carboxylic acids is 2. The molecule has 0 spiro atoms. The number of nitrogens with zero attached hydrogens (tertiary/aromatic N) is 2. The lowest BCUT2D eigenvalue weighted by Crippen LogP contribution is -2.41. The number of aromatic nitrogens is 2. The van der Waals surface area contributed by atoms with Crippen molar-refractivity contribution in [2.75, 3.05) is 19.0 Å². The Kier molecular flexibility index (Phi) is 11.3. The molecule has 2 amide bonds. The number of hydrogen-bond donors (Lipinski definition) is 4. The zero-order valence-electron chi connectivity index (χ0n) is 25.4. The van der Waals surface area contributed by atoms with Crippen LogP contribution in [0.4, 0.5) is 23.7 Å². The number of fused-ring (bicyclic) bond motifs is 2. The normalized spacial score (nSPS) is 19.3. The molecule has 0 fully saturated rings. The molecule has 2 aromatic carbocycles. The van der Waals surface area contributed by atoms with Crippen molar-refractivity contribution in [1.82, 2.24) is 20.2 Å². The molecule has 14 heteroatoms. The van der Waals surface area contributed by atoms with Crippen LogP contribution in [0.2, 0.25) is 5.02 Å². The molecule has 3 unspecified atom stereocenters. The molecular weight excluding hydrogens is 625 g/mol. The van der Waals surface area contributed by atoms with Crippen LogP contribution in [-0.2, 0) is 16.0 Å². The minimum atomic E-state index is -4.71. The van der Waals surface area contributed by atoms with E-state index in [1.807, 2.05) is 31.2 Å². The van der Waals surface area contributed by atoms with Crippen molar-refractivity contribution in [3.63, 3.8) is 0 Å². The molecule has 0 saturated heterocycles. The molecular formula is C32H36ClF3N6O4. The van der Waals surface area contributed by atoms with E-state index in [0.29, 0.717) is 55.4 Å². The highest BCUT2D eigenvalue weighted by atomic mass is 35.5. The second-order valence-corrected chi connectivity index (χ2v) is 11.6. The van der Waals surface area contributed by atoms with E-state index < -0.39 is 24.0 Å². The minimum absolute atomic E-state index is 0.0858. The van der Waals surface area contributed by atoms with Gasteiger partial charge < -0.3 is 26.4 Å². The number of ether oxygens (including phenoxy) is 1. The summed E-state index contributed by atoms with van der Waals surface area (Å²) in [7, 11) is 1.29. The Morgan fingerprint density at radius 2 is 1.98 bits per heavy atom. The molecule has 1 aliphatic heterocycles. The second-order valence-electron chi connectivity index (χ2n) is 11.2. The number of alkyl carbamates (subject to hydrolysis) is 1. The highest BCUT2D eigenvalue weighted by Gasteiger charge is 2.31. The molecule has 2 bridgehead atoms. The van der Waals surface area contributed by atoms with Gasteiger partial charge in [-0.05, 0) is 55.0 Å². The van der Waals surface area contributed by atoms with E-state index >= 15 is 0 Å². The number of nitrogens with one attached hydrogen (secondary N) is 3. The Morgan fingerprint density at radius 3 is 2.70 bits per heavy atom. The van der Waals surface area contributed by atoms with Gasteiger partial charge in [-0.1, -0.05) is 49.2 Å². The number of amides is 2. The molecule has 5 N–H and O–H groups in total. The summed E-state index contributed by atoms with van der Waals surface area (Å²) in [5.41, 5.74) is 6.02. The van der Waals surface area contributed by atoms with E-state index in [0.717, 1.165) is 11.1 Å². The van der Waals surface area contributed by atoms with Gasteiger partial charge in [0.15, 0.2) is 0 Å². The summed E-state index contributed by atoms with van der Waals surface area (Å²) >= 11 is 6.19. The van der Waals surface area contributed by atoms with Gasteiger partial charge in [-0.3, -0.25) is 14.2 Å². The van der Waals surface area contributed by atoms with Crippen molar-refractivity contribution in [2.45, 2.75) is 57.3 Å². The van der Waals surface area contributed by atoms with E-state index in [1.54, 1.807) is 0 Å².